The van der Waals surface area contributed by atoms with Gasteiger partial charge in [0, 0.05) is 11.6 Å². The van der Waals surface area contributed by atoms with E-state index in [0.717, 1.165) is 10.6 Å². The van der Waals surface area contributed by atoms with Crippen molar-refractivity contribution < 1.29 is 9.47 Å². The van der Waals surface area contributed by atoms with Crippen molar-refractivity contribution in [3.63, 3.8) is 0 Å². The lowest BCUT2D eigenvalue weighted by atomic mass is 10.2. The summed E-state index contributed by atoms with van der Waals surface area (Å²) < 4.78 is 14.3. The zero-order valence-electron chi connectivity index (χ0n) is 8.73. The predicted octanol–water partition coefficient (Wildman–Crippen LogP) is 2.88. The van der Waals surface area contributed by atoms with Gasteiger partial charge in [0.2, 0.25) is 5.28 Å². The monoisotopic (exact) mass is 256 g/mol. The second-order valence-corrected chi connectivity index (χ2v) is 4.06. The molecular formula is C10H9ClN2O2S. The maximum Gasteiger partial charge on any atom is 0.234 e. The maximum absolute atomic E-state index is 5.68. The Morgan fingerprint density at radius 3 is 2.19 bits per heavy atom. The molecule has 84 valence electrons. The van der Waals surface area contributed by atoms with Crippen LogP contribution in [0.5, 0.6) is 11.5 Å². The first-order chi connectivity index (χ1) is 7.72. The number of hydrogen-bond acceptors (Lipinski definition) is 5. The van der Waals surface area contributed by atoms with Crippen LogP contribution in [0.1, 0.15) is 0 Å². The number of methoxy groups -OCH3 is 2. The SMILES string of the molecule is COc1cc(OC)cc(-c2nc(Cl)ns2)c1. The number of rotatable bonds is 3. The van der Waals surface area contributed by atoms with E-state index in [1.165, 1.54) is 11.5 Å². The van der Waals surface area contributed by atoms with Crippen LogP contribution in [0.15, 0.2) is 18.2 Å². The maximum atomic E-state index is 5.68. The summed E-state index contributed by atoms with van der Waals surface area (Å²) in [5.41, 5.74) is 0.876. The minimum Gasteiger partial charge on any atom is -0.497 e. The van der Waals surface area contributed by atoms with E-state index < -0.39 is 0 Å². The molecule has 2 aromatic rings. The normalized spacial score (nSPS) is 10.2. The molecule has 0 aliphatic rings. The summed E-state index contributed by atoms with van der Waals surface area (Å²) >= 11 is 6.92. The van der Waals surface area contributed by atoms with Crippen LogP contribution in [-0.2, 0) is 0 Å². The quantitative estimate of drug-likeness (QED) is 0.847. The zero-order chi connectivity index (χ0) is 11.5. The molecule has 1 aromatic carbocycles. The largest absolute Gasteiger partial charge is 0.497 e. The lowest BCUT2D eigenvalue weighted by molar-refractivity contribution is 0.394. The minimum atomic E-state index is 0.252. The highest BCUT2D eigenvalue weighted by Gasteiger charge is 2.08. The summed E-state index contributed by atoms with van der Waals surface area (Å²) in [5.74, 6) is 1.42. The molecule has 0 aliphatic heterocycles. The Morgan fingerprint density at radius 1 is 1.12 bits per heavy atom. The first kappa shape index (κ1) is 11.2. The Kier molecular flexibility index (Phi) is 3.26. The van der Waals surface area contributed by atoms with Crippen molar-refractivity contribution in [3.05, 3.63) is 23.5 Å². The molecule has 2 rings (SSSR count). The topological polar surface area (TPSA) is 44.2 Å². The molecule has 0 radical (unpaired) electrons. The van der Waals surface area contributed by atoms with Crippen LogP contribution >= 0.6 is 23.1 Å². The van der Waals surface area contributed by atoms with Crippen LogP contribution in [-0.4, -0.2) is 23.6 Å². The third-order valence-electron chi connectivity index (χ3n) is 2.00. The fourth-order valence-corrected chi connectivity index (χ4v) is 2.04. The summed E-state index contributed by atoms with van der Waals surface area (Å²) in [6, 6.07) is 5.52. The number of ether oxygens (including phenoxy) is 2. The Bertz CT molecular complexity index is 479. The molecule has 0 fully saturated rings. The van der Waals surface area contributed by atoms with Crippen molar-refractivity contribution in [1.29, 1.82) is 0 Å². The van der Waals surface area contributed by atoms with Crippen molar-refractivity contribution in [2.24, 2.45) is 0 Å². The average Bonchev–Trinajstić information content (AvgIpc) is 2.75. The molecule has 4 nitrogen and oxygen atoms in total. The van der Waals surface area contributed by atoms with Crippen molar-refractivity contribution in [2.75, 3.05) is 14.2 Å². The van der Waals surface area contributed by atoms with E-state index in [9.17, 15) is 0 Å². The molecule has 0 saturated heterocycles. The van der Waals surface area contributed by atoms with Crippen molar-refractivity contribution in [2.45, 2.75) is 0 Å². The fourth-order valence-electron chi connectivity index (χ4n) is 1.25. The Morgan fingerprint density at radius 2 is 1.75 bits per heavy atom. The smallest absolute Gasteiger partial charge is 0.234 e. The average molecular weight is 257 g/mol. The van der Waals surface area contributed by atoms with Gasteiger partial charge in [0.15, 0.2) is 0 Å². The highest BCUT2D eigenvalue weighted by Crippen LogP contribution is 2.31. The number of hydrogen-bond donors (Lipinski definition) is 0. The van der Waals surface area contributed by atoms with Crippen LogP contribution in [0.25, 0.3) is 10.6 Å². The molecule has 16 heavy (non-hydrogen) atoms. The highest BCUT2D eigenvalue weighted by atomic mass is 35.5. The molecule has 0 amide bonds. The first-order valence-electron chi connectivity index (χ1n) is 4.45. The van der Waals surface area contributed by atoms with Crippen molar-refractivity contribution >= 4 is 23.1 Å². The molecule has 0 saturated carbocycles. The Balaban J connectivity index is 2.47. The van der Waals surface area contributed by atoms with E-state index in [1.54, 1.807) is 20.3 Å². The molecule has 0 bridgehead atoms. The Labute approximate surface area is 102 Å². The summed E-state index contributed by atoms with van der Waals surface area (Å²) in [4.78, 5) is 4.09. The highest BCUT2D eigenvalue weighted by molar-refractivity contribution is 7.09. The van der Waals surface area contributed by atoms with Gasteiger partial charge in [0.05, 0.1) is 14.2 Å². The van der Waals surface area contributed by atoms with Crippen molar-refractivity contribution in [3.8, 4) is 22.1 Å². The zero-order valence-corrected chi connectivity index (χ0v) is 10.3. The molecule has 1 aromatic heterocycles. The van der Waals surface area contributed by atoms with Gasteiger partial charge in [-0.15, -0.1) is 0 Å². The third kappa shape index (κ3) is 2.25. The van der Waals surface area contributed by atoms with Crippen LogP contribution in [0.3, 0.4) is 0 Å². The van der Waals surface area contributed by atoms with E-state index in [0.29, 0.717) is 11.5 Å². The second kappa shape index (κ2) is 4.67. The van der Waals surface area contributed by atoms with Gasteiger partial charge in [-0.3, -0.25) is 0 Å². The first-order valence-corrected chi connectivity index (χ1v) is 5.60. The van der Waals surface area contributed by atoms with Gasteiger partial charge in [-0.05, 0) is 35.3 Å². The molecular weight excluding hydrogens is 248 g/mol. The van der Waals surface area contributed by atoms with Gasteiger partial charge >= 0.3 is 0 Å². The summed E-state index contributed by atoms with van der Waals surface area (Å²) in [5, 5.41) is 0.990. The summed E-state index contributed by atoms with van der Waals surface area (Å²) in [7, 11) is 3.21. The lowest BCUT2D eigenvalue weighted by Gasteiger charge is -2.06. The molecule has 6 heteroatoms. The van der Waals surface area contributed by atoms with Gasteiger partial charge in [-0.25, -0.2) is 4.98 Å². The van der Waals surface area contributed by atoms with Crippen LogP contribution in [0.4, 0.5) is 0 Å². The molecule has 1 heterocycles. The van der Waals surface area contributed by atoms with E-state index in [-0.39, 0.29) is 5.28 Å². The molecule has 0 unspecified atom stereocenters. The predicted molar refractivity (Wildman–Crippen MR) is 63.5 cm³/mol. The van der Waals surface area contributed by atoms with Gasteiger partial charge in [-0.1, -0.05) is 0 Å². The number of aromatic nitrogens is 2. The van der Waals surface area contributed by atoms with E-state index >= 15 is 0 Å². The molecule has 0 N–H and O–H groups in total. The van der Waals surface area contributed by atoms with Crippen LogP contribution in [0, 0.1) is 0 Å². The molecule has 0 spiro atoms. The number of nitrogens with zero attached hydrogens (tertiary/aromatic N) is 2. The Hall–Kier alpha value is -1.33. The number of halogens is 1. The van der Waals surface area contributed by atoms with Crippen LogP contribution in [0.2, 0.25) is 5.28 Å². The third-order valence-corrected chi connectivity index (χ3v) is 3.03. The molecule has 0 atom stereocenters. The standard InChI is InChI=1S/C10H9ClN2O2S/c1-14-7-3-6(4-8(5-7)15-2)9-12-10(11)13-16-9/h3-5H,1-2H3. The minimum absolute atomic E-state index is 0.252. The van der Waals surface area contributed by atoms with Gasteiger partial charge in [-0.2, -0.15) is 4.37 Å². The van der Waals surface area contributed by atoms with E-state index in [2.05, 4.69) is 9.36 Å². The fraction of sp³-hybridized carbons (Fsp3) is 0.200. The number of benzene rings is 1. The van der Waals surface area contributed by atoms with Gasteiger partial charge in [0.25, 0.3) is 0 Å². The summed E-state index contributed by atoms with van der Waals surface area (Å²) in [6.45, 7) is 0. The molecule has 0 aliphatic carbocycles. The van der Waals surface area contributed by atoms with Crippen LogP contribution < -0.4 is 9.47 Å². The van der Waals surface area contributed by atoms with E-state index in [1.807, 2.05) is 12.1 Å². The van der Waals surface area contributed by atoms with Gasteiger partial charge in [0.1, 0.15) is 16.5 Å². The van der Waals surface area contributed by atoms with Crippen molar-refractivity contribution in [1.82, 2.24) is 9.36 Å². The summed E-state index contributed by atoms with van der Waals surface area (Å²) in [6.07, 6.45) is 0. The van der Waals surface area contributed by atoms with E-state index in [4.69, 9.17) is 21.1 Å². The lowest BCUT2D eigenvalue weighted by Crippen LogP contribution is -1.88. The van der Waals surface area contributed by atoms with Gasteiger partial charge < -0.3 is 9.47 Å². The second-order valence-electron chi connectivity index (χ2n) is 2.97.